The Balaban J connectivity index is 0. The summed E-state index contributed by atoms with van der Waals surface area (Å²) in [6.07, 6.45) is 0. The van der Waals surface area contributed by atoms with Crippen LogP contribution in [-0.4, -0.2) is 64.1 Å². The van der Waals surface area contributed by atoms with Gasteiger partial charge in [0, 0.05) is 0 Å². The van der Waals surface area contributed by atoms with E-state index in [0.29, 0.717) is 40.6 Å². The van der Waals surface area contributed by atoms with Crippen molar-refractivity contribution in [3.63, 3.8) is 0 Å². The summed E-state index contributed by atoms with van der Waals surface area (Å²) in [6.45, 7) is 0. The molecule has 96 valence electrons. The molecule has 0 aromatic carbocycles. The van der Waals surface area contributed by atoms with Gasteiger partial charge in [-0.1, -0.05) is 0 Å². The molecule has 0 rings (SSSR count). The fraction of sp³-hybridized carbons (Fsp3) is 0.750. The first kappa shape index (κ1) is 18.3. The Bertz CT molecular complexity index is 194. The summed E-state index contributed by atoms with van der Waals surface area (Å²) < 4.78 is 0. The maximum absolute atomic E-state index is 9.97. The molecule has 0 aliphatic rings. The first-order valence-electron chi connectivity index (χ1n) is 4.31. The van der Waals surface area contributed by atoms with E-state index in [0.717, 1.165) is 0 Å². The Morgan fingerprint density at radius 1 is 1.00 bits per heavy atom. The molecular weight excluding hydrogens is 346 g/mol. The molecule has 0 saturated carbocycles. The van der Waals surface area contributed by atoms with Crippen molar-refractivity contribution in [2.75, 3.05) is 0 Å². The normalized spacial score (nSPS) is 13.2. The Labute approximate surface area is 107 Å². The van der Waals surface area contributed by atoms with Gasteiger partial charge in [-0.15, -0.1) is 0 Å². The molecule has 0 spiro atoms. The van der Waals surface area contributed by atoms with E-state index in [1.165, 1.54) is 0 Å². The second kappa shape index (κ2) is 11.4. The van der Waals surface area contributed by atoms with Gasteiger partial charge < -0.3 is 0 Å². The molecule has 0 aliphatic carbocycles. The number of aliphatic carboxylic acids is 2. The molecule has 6 nitrogen and oxygen atoms in total. The summed E-state index contributed by atoms with van der Waals surface area (Å²) >= 11 is 0.746. The summed E-state index contributed by atoms with van der Waals surface area (Å²) in [7, 11) is 0. The molecule has 8 heteroatoms. The first-order valence-corrected chi connectivity index (χ1v) is 10.2. The number of nitrogens with two attached hydrogens (primary N) is 2. The van der Waals surface area contributed by atoms with Crippen LogP contribution in [-0.2, 0) is 9.59 Å². The van der Waals surface area contributed by atoms with Crippen molar-refractivity contribution in [3.8, 4) is 0 Å². The summed E-state index contributed by atoms with van der Waals surface area (Å²) in [5.41, 5.74) is 10.3. The first-order chi connectivity index (χ1) is 7.36. The van der Waals surface area contributed by atoms with Crippen molar-refractivity contribution in [2.45, 2.75) is 34.4 Å². The third-order valence-electron chi connectivity index (χ3n) is 1.33. The molecule has 2 atom stereocenters. The van der Waals surface area contributed by atoms with Gasteiger partial charge in [0.2, 0.25) is 0 Å². The van der Waals surface area contributed by atoms with Gasteiger partial charge in [-0.05, 0) is 0 Å². The van der Waals surface area contributed by atoms with Gasteiger partial charge in [-0.25, -0.2) is 0 Å². The van der Waals surface area contributed by atoms with Crippen LogP contribution in [0.2, 0.25) is 22.3 Å². The third kappa shape index (κ3) is 12.0. The Morgan fingerprint density at radius 2 is 1.25 bits per heavy atom. The second-order valence-electron chi connectivity index (χ2n) is 2.80. The predicted molar refractivity (Wildman–Crippen MR) is 64.1 cm³/mol. The van der Waals surface area contributed by atoms with Crippen LogP contribution in [0.25, 0.3) is 0 Å². The average molecular weight is 364 g/mol. The predicted octanol–water partition coefficient (Wildman–Crippen LogP) is -0.862. The van der Waals surface area contributed by atoms with Crippen molar-refractivity contribution >= 4 is 41.9 Å². The SMILES string of the molecule is C[Se]C[C@H](N)C(=O)O.C[Se]C[C@H](N)C(=O)O. The van der Waals surface area contributed by atoms with Gasteiger partial charge in [0.05, 0.1) is 0 Å². The van der Waals surface area contributed by atoms with Crippen LogP contribution in [0.15, 0.2) is 0 Å². The fourth-order valence-corrected chi connectivity index (χ4v) is 2.61. The quantitative estimate of drug-likeness (QED) is 0.454. The molecule has 0 heterocycles. The Morgan fingerprint density at radius 3 is 1.31 bits per heavy atom. The van der Waals surface area contributed by atoms with Crippen LogP contribution >= 0.6 is 0 Å². The number of carbonyl (C=O) groups is 2. The van der Waals surface area contributed by atoms with Crippen LogP contribution in [0, 0.1) is 0 Å². The Hall–Kier alpha value is -0.101. The third-order valence-corrected chi connectivity index (χ3v) is 4.23. The van der Waals surface area contributed by atoms with Crippen molar-refractivity contribution in [2.24, 2.45) is 11.5 Å². The molecule has 0 saturated heterocycles. The topological polar surface area (TPSA) is 127 Å². The number of carboxylic acids is 2. The number of carboxylic acid groups (broad SMARTS) is 2. The molecule has 0 fully saturated rings. The van der Waals surface area contributed by atoms with Crippen molar-refractivity contribution < 1.29 is 19.8 Å². The van der Waals surface area contributed by atoms with Gasteiger partial charge in [0.1, 0.15) is 0 Å². The molecule has 6 N–H and O–H groups in total. The fourth-order valence-electron chi connectivity index (χ4n) is 0.502. The van der Waals surface area contributed by atoms with Gasteiger partial charge in [-0.3, -0.25) is 0 Å². The molecule has 0 bridgehead atoms. The number of hydrogen-bond donors (Lipinski definition) is 4. The zero-order valence-electron chi connectivity index (χ0n) is 9.25. The van der Waals surface area contributed by atoms with Crippen molar-refractivity contribution in [1.29, 1.82) is 0 Å². The minimum absolute atomic E-state index is 0.373. The number of rotatable bonds is 6. The van der Waals surface area contributed by atoms with E-state index in [4.69, 9.17) is 21.7 Å². The van der Waals surface area contributed by atoms with E-state index < -0.39 is 24.0 Å². The molecule has 0 amide bonds. The second-order valence-corrected chi connectivity index (χ2v) is 6.62. The maximum atomic E-state index is 9.97. The zero-order valence-corrected chi connectivity index (χ0v) is 12.7. The van der Waals surface area contributed by atoms with E-state index in [9.17, 15) is 9.59 Å². The van der Waals surface area contributed by atoms with Gasteiger partial charge in [0.15, 0.2) is 0 Å². The average Bonchev–Trinajstić information content (AvgIpc) is 2.19. The molecule has 0 aliphatic heterocycles. The van der Waals surface area contributed by atoms with Crippen LogP contribution in [0.3, 0.4) is 0 Å². The van der Waals surface area contributed by atoms with E-state index in [1.54, 1.807) is 0 Å². The van der Waals surface area contributed by atoms with Crippen molar-refractivity contribution in [3.05, 3.63) is 0 Å². The zero-order chi connectivity index (χ0) is 13.1. The standard InChI is InChI=1S/2C4H9NO2Se/c2*1-8-2-3(5)4(6)7/h2*3H,2,5H2,1H3,(H,6,7)/t2*3-/m00/s1. The van der Waals surface area contributed by atoms with E-state index in [2.05, 4.69) is 0 Å². The summed E-state index contributed by atoms with van der Waals surface area (Å²) in [4.78, 5) is 19.9. The summed E-state index contributed by atoms with van der Waals surface area (Å²) in [5.74, 6) is 2.15. The van der Waals surface area contributed by atoms with Crippen LogP contribution in [0.1, 0.15) is 0 Å². The minimum atomic E-state index is -0.895. The molecule has 0 unspecified atom stereocenters. The molecule has 0 radical (unpaired) electrons. The van der Waals surface area contributed by atoms with Crippen LogP contribution in [0.5, 0.6) is 0 Å². The monoisotopic (exact) mass is 366 g/mol. The Kier molecular flexibility index (Phi) is 13.0. The molecule has 0 aromatic heterocycles. The number of hydrogen-bond acceptors (Lipinski definition) is 4. The molecule has 16 heavy (non-hydrogen) atoms. The van der Waals surface area contributed by atoms with Gasteiger partial charge in [-0.2, -0.15) is 0 Å². The van der Waals surface area contributed by atoms with E-state index in [-0.39, 0.29) is 0 Å². The van der Waals surface area contributed by atoms with Gasteiger partial charge >= 0.3 is 107 Å². The van der Waals surface area contributed by atoms with E-state index >= 15 is 0 Å². The van der Waals surface area contributed by atoms with Crippen LogP contribution in [0.4, 0.5) is 0 Å². The molecule has 0 aromatic rings. The summed E-state index contributed by atoms with van der Waals surface area (Å²) in [6, 6.07) is -1.28. The summed E-state index contributed by atoms with van der Waals surface area (Å²) in [5, 5.41) is 17.7. The van der Waals surface area contributed by atoms with E-state index in [1.807, 2.05) is 11.6 Å². The van der Waals surface area contributed by atoms with Gasteiger partial charge in [0.25, 0.3) is 0 Å². The molecular formula is C8H18N2O4Se2. The van der Waals surface area contributed by atoms with Crippen molar-refractivity contribution in [1.82, 2.24) is 0 Å². The van der Waals surface area contributed by atoms with Crippen LogP contribution < -0.4 is 11.5 Å².